The van der Waals surface area contributed by atoms with Gasteiger partial charge >= 0.3 is 0 Å². The lowest BCUT2D eigenvalue weighted by Gasteiger charge is -2.24. The van der Waals surface area contributed by atoms with Crippen LogP contribution in [-0.4, -0.2) is 22.3 Å². The van der Waals surface area contributed by atoms with Gasteiger partial charge in [-0.1, -0.05) is 11.6 Å². The third kappa shape index (κ3) is 2.05. The lowest BCUT2D eigenvalue weighted by atomic mass is 10.0. The fraction of sp³-hybridized carbons (Fsp3) is 0.500. The number of pyridine rings is 1. The van der Waals surface area contributed by atoms with E-state index in [1.165, 1.54) is 0 Å². The maximum atomic E-state index is 11.5. The first-order chi connectivity index (χ1) is 7.59. The van der Waals surface area contributed by atoms with Crippen LogP contribution < -0.4 is 0 Å². The summed E-state index contributed by atoms with van der Waals surface area (Å²) in [7, 11) is 0. The molecule has 1 aromatic heterocycles. The number of aromatic nitrogens is 1. The number of carbonyl (C=O) groups excluding carboxylic acids is 1. The summed E-state index contributed by atoms with van der Waals surface area (Å²) in [5.74, 6) is 0.136. The minimum atomic E-state index is 0.136. The lowest BCUT2D eigenvalue weighted by molar-refractivity contribution is -0.129. The van der Waals surface area contributed by atoms with E-state index in [2.05, 4.69) is 4.98 Å². The minimum absolute atomic E-state index is 0.136. The Balaban J connectivity index is 2.32. The van der Waals surface area contributed by atoms with Crippen molar-refractivity contribution in [3.63, 3.8) is 0 Å². The highest BCUT2D eigenvalue weighted by atomic mass is 35.5. The third-order valence-electron chi connectivity index (χ3n) is 3.13. The Hall–Kier alpha value is -1.09. The van der Waals surface area contributed by atoms with Crippen LogP contribution in [-0.2, 0) is 4.79 Å². The van der Waals surface area contributed by atoms with Crippen molar-refractivity contribution >= 4 is 17.5 Å². The van der Waals surface area contributed by atoms with Crippen LogP contribution in [0.2, 0.25) is 5.15 Å². The Bertz CT molecular complexity index is 419. The van der Waals surface area contributed by atoms with E-state index in [4.69, 9.17) is 11.6 Å². The number of amides is 1. The molecule has 2 rings (SSSR count). The molecule has 4 heteroatoms. The molecule has 0 spiro atoms. The molecule has 2 heterocycles. The second-order valence-corrected chi connectivity index (χ2v) is 4.62. The maximum Gasteiger partial charge on any atom is 0.219 e. The highest BCUT2D eigenvalue weighted by Gasteiger charge is 2.28. The van der Waals surface area contributed by atoms with Gasteiger partial charge in [0.15, 0.2) is 0 Å². The molecule has 0 saturated carbocycles. The molecule has 0 bridgehead atoms. The average molecular weight is 239 g/mol. The molecule has 1 saturated heterocycles. The molecule has 1 amide bonds. The van der Waals surface area contributed by atoms with Crippen LogP contribution in [0.25, 0.3) is 0 Å². The van der Waals surface area contributed by atoms with E-state index in [1.807, 2.05) is 17.9 Å². The zero-order valence-corrected chi connectivity index (χ0v) is 10.3. The van der Waals surface area contributed by atoms with E-state index < -0.39 is 0 Å². The van der Waals surface area contributed by atoms with Crippen molar-refractivity contribution in [3.8, 4) is 0 Å². The third-order valence-corrected chi connectivity index (χ3v) is 3.34. The van der Waals surface area contributed by atoms with Gasteiger partial charge in [-0.05, 0) is 37.0 Å². The zero-order valence-electron chi connectivity index (χ0n) is 9.53. The van der Waals surface area contributed by atoms with Gasteiger partial charge < -0.3 is 4.90 Å². The van der Waals surface area contributed by atoms with E-state index in [1.54, 1.807) is 13.1 Å². The van der Waals surface area contributed by atoms with Gasteiger partial charge in [0.05, 0.1) is 6.04 Å². The van der Waals surface area contributed by atoms with Crippen LogP contribution in [0.15, 0.2) is 12.3 Å². The van der Waals surface area contributed by atoms with Crippen LogP contribution >= 0.6 is 11.6 Å². The minimum Gasteiger partial charge on any atom is -0.336 e. The molecule has 1 fully saturated rings. The number of hydrogen-bond acceptors (Lipinski definition) is 2. The molecule has 3 nitrogen and oxygen atoms in total. The van der Waals surface area contributed by atoms with E-state index in [0.717, 1.165) is 30.5 Å². The first-order valence-electron chi connectivity index (χ1n) is 5.49. The van der Waals surface area contributed by atoms with Gasteiger partial charge in [-0.3, -0.25) is 4.79 Å². The van der Waals surface area contributed by atoms with Gasteiger partial charge in [-0.15, -0.1) is 0 Å². The Morgan fingerprint density at radius 1 is 1.62 bits per heavy atom. The molecule has 1 aliphatic rings. The topological polar surface area (TPSA) is 33.2 Å². The number of halogens is 1. The molecule has 0 aliphatic carbocycles. The quantitative estimate of drug-likeness (QED) is 0.705. The van der Waals surface area contributed by atoms with Crippen molar-refractivity contribution in [1.82, 2.24) is 9.88 Å². The Morgan fingerprint density at radius 3 is 3.00 bits per heavy atom. The predicted molar refractivity (Wildman–Crippen MR) is 63.3 cm³/mol. The van der Waals surface area contributed by atoms with E-state index in [-0.39, 0.29) is 11.9 Å². The predicted octanol–water partition coefficient (Wildman–Crippen LogP) is 2.73. The summed E-state index contributed by atoms with van der Waals surface area (Å²) in [6.45, 7) is 4.48. The van der Waals surface area contributed by atoms with Crippen LogP contribution in [0.4, 0.5) is 0 Å². The van der Waals surface area contributed by atoms with E-state index in [0.29, 0.717) is 5.15 Å². The van der Waals surface area contributed by atoms with Crippen LogP contribution in [0.5, 0.6) is 0 Å². The Morgan fingerprint density at radius 2 is 2.38 bits per heavy atom. The average Bonchev–Trinajstić information content (AvgIpc) is 2.66. The molecular weight excluding hydrogens is 224 g/mol. The number of carbonyl (C=O) groups is 1. The summed E-state index contributed by atoms with van der Waals surface area (Å²) < 4.78 is 0. The zero-order chi connectivity index (χ0) is 11.7. The summed E-state index contributed by atoms with van der Waals surface area (Å²) >= 11 is 5.83. The van der Waals surface area contributed by atoms with Gasteiger partial charge in [-0.2, -0.15) is 0 Å². The van der Waals surface area contributed by atoms with Crippen molar-refractivity contribution in [3.05, 3.63) is 28.5 Å². The molecule has 1 aromatic rings. The highest BCUT2D eigenvalue weighted by Crippen LogP contribution is 2.33. The van der Waals surface area contributed by atoms with E-state index in [9.17, 15) is 4.79 Å². The van der Waals surface area contributed by atoms with Crippen LogP contribution in [0, 0.1) is 6.92 Å². The lowest BCUT2D eigenvalue weighted by Crippen LogP contribution is -2.28. The van der Waals surface area contributed by atoms with Gasteiger partial charge in [0.2, 0.25) is 5.91 Å². The monoisotopic (exact) mass is 238 g/mol. The molecule has 16 heavy (non-hydrogen) atoms. The van der Waals surface area contributed by atoms with Gasteiger partial charge in [0.25, 0.3) is 0 Å². The van der Waals surface area contributed by atoms with Crippen molar-refractivity contribution in [1.29, 1.82) is 0 Å². The largest absolute Gasteiger partial charge is 0.336 e. The van der Waals surface area contributed by atoms with Gasteiger partial charge in [-0.25, -0.2) is 4.98 Å². The van der Waals surface area contributed by atoms with Crippen molar-refractivity contribution < 1.29 is 4.79 Å². The molecule has 0 aromatic carbocycles. The fourth-order valence-corrected chi connectivity index (χ4v) is 2.56. The van der Waals surface area contributed by atoms with Crippen LogP contribution in [0.3, 0.4) is 0 Å². The smallest absolute Gasteiger partial charge is 0.219 e. The number of likely N-dealkylation sites (tertiary alicyclic amines) is 1. The van der Waals surface area contributed by atoms with Crippen molar-refractivity contribution in [2.45, 2.75) is 32.7 Å². The number of hydrogen-bond donors (Lipinski definition) is 0. The second kappa shape index (κ2) is 4.42. The standard InChI is InChI=1S/C12H15ClN2O/c1-8-6-12(13)14-7-10(8)11-4-3-5-15(11)9(2)16/h6-7,11H,3-5H2,1-2H3/t11-/m1/s1. The number of nitrogens with zero attached hydrogens (tertiary/aromatic N) is 2. The maximum absolute atomic E-state index is 11.5. The molecule has 0 radical (unpaired) electrons. The summed E-state index contributed by atoms with van der Waals surface area (Å²) in [6, 6.07) is 2.04. The van der Waals surface area contributed by atoms with Crippen molar-refractivity contribution in [2.24, 2.45) is 0 Å². The number of aryl methyl sites for hydroxylation is 1. The number of rotatable bonds is 1. The Kier molecular flexibility index (Phi) is 3.15. The molecule has 1 atom stereocenters. The molecule has 86 valence electrons. The SMILES string of the molecule is CC(=O)N1CCC[C@@H]1c1cnc(Cl)cc1C. The normalized spacial score (nSPS) is 20.2. The highest BCUT2D eigenvalue weighted by molar-refractivity contribution is 6.29. The van der Waals surface area contributed by atoms with Crippen LogP contribution in [0.1, 0.15) is 36.9 Å². The first kappa shape index (κ1) is 11.4. The fourth-order valence-electron chi connectivity index (χ4n) is 2.35. The second-order valence-electron chi connectivity index (χ2n) is 4.23. The molecule has 0 N–H and O–H groups in total. The first-order valence-corrected chi connectivity index (χ1v) is 5.86. The summed E-state index contributed by atoms with van der Waals surface area (Å²) in [5.41, 5.74) is 2.23. The summed E-state index contributed by atoms with van der Waals surface area (Å²) in [5, 5.41) is 0.508. The van der Waals surface area contributed by atoms with Gasteiger partial charge in [0.1, 0.15) is 5.15 Å². The Labute approximate surface area is 100 Å². The molecule has 0 unspecified atom stereocenters. The summed E-state index contributed by atoms with van der Waals surface area (Å²) in [4.78, 5) is 17.5. The van der Waals surface area contributed by atoms with Crippen molar-refractivity contribution in [2.75, 3.05) is 6.54 Å². The van der Waals surface area contributed by atoms with E-state index >= 15 is 0 Å². The van der Waals surface area contributed by atoms with Gasteiger partial charge in [0, 0.05) is 19.7 Å². The molecular formula is C12H15ClN2O. The molecule has 1 aliphatic heterocycles. The summed E-state index contributed by atoms with van der Waals surface area (Å²) in [6.07, 6.45) is 3.87.